The van der Waals surface area contributed by atoms with E-state index >= 15 is 0 Å². The van der Waals surface area contributed by atoms with E-state index in [0.717, 1.165) is 6.07 Å². The molecule has 9 heteroatoms. The predicted molar refractivity (Wildman–Crippen MR) is 105 cm³/mol. The molecular formula is C21H24F4N4O. The van der Waals surface area contributed by atoms with Gasteiger partial charge in [-0.25, -0.2) is 9.37 Å². The fourth-order valence-corrected chi connectivity index (χ4v) is 3.63. The van der Waals surface area contributed by atoms with E-state index in [1.54, 1.807) is 11.8 Å². The number of aromatic nitrogens is 2. The summed E-state index contributed by atoms with van der Waals surface area (Å²) in [6, 6.07) is 4.90. The van der Waals surface area contributed by atoms with Crippen molar-refractivity contribution in [3.8, 4) is 0 Å². The number of piperazine rings is 1. The maximum absolute atomic E-state index is 14.0. The second-order valence-corrected chi connectivity index (χ2v) is 8.05. The number of carbonyl (C=O) groups excluding carboxylic acids is 1. The molecule has 2 aromatic heterocycles. The SMILES string of the molecule is Cc1ncccc1C(=O)c1nc(N2CCNC(CC(C)(C)F)C2)ccc1C(F)(F)F. The number of nitrogens with one attached hydrogen (secondary N) is 1. The molecule has 162 valence electrons. The average molecular weight is 424 g/mol. The number of ketones is 1. The minimum Gasteiger partial charge on any atom is -0.354 e. The quantitative estimate of drug-likeness (QED) is 0.582. The molecule has 2 aromatic rings. The van der Waals surface area contributed by atoms with E-state index in [4.69, 9.17) is 0 Å². The van der Waals surface area contributed by atoms with Crippen LogP contribution < -0.4 is 10.2 Å². The Balaban J connectivity index is 1.97. The number of alkyl halides is 4. The first-order valence-corrected chi connectivity index (χ1v) is 9.67. The molecule has 1 atom stereocenters. The summed E-state index contributed by atoms with van der Waals surface area (Å²) in [4.78, 5) is 22.8. The molecule has 1 saturated heterocycles. The lowest BCUT2D eigenvalue weighted by Gasteiger charge is -2.36. The van der Waals surface area contributed by atoms with Crippen LogP contribution >= 0.6 is 0 Å². The molecule has 0 aromatic carbocycles. The van der Waals surface area contributed by atoms with Gasteiger partial charge in [-0.05, 0) is 51.5 Å². The van der Waals surface area contributed by atoms with Crippen LogP contribution in [0.5, 0.6) is 0 Å². The Morgan fingerprint density at radius 1 is 1.23 bits per heavy atom. The summed E-state index contributed by atoms with van der Waals surface area (Å²) in [7, 11) is 0. The zero-order valence-electron chi connectivity index (χ0n) is 17.1. The lowest BCUT2D eigenvalue weighted by Crippen LogP contribution is -2.52. The molecule has 1 N–H and O–H groups in total. The van der Waals surface area contributed by atoms with Gasteiger partial charge in [0.2, 0.25) is 5.78 Å². The molecule has 3 rings (SSSR count). The average Bonchev–Trinajstić information content (AvgIpc) is 2.65. The highest BCUT2D eigenvalue weighted by molar-refractivity contribution is 6.09. The van der Waals surface area contributed by atoms with E-state index in [9.17, 15) is 22.4 Å². The minimum atomic E-state index is -4.73. The monoisotopic (exact) mass is 424 g/mol. The fraction of sp³-hybridized carbons (Fsp3) is 0.476. The van der Waals surface area contributed by atoms with Crippen LogP contribution in [-0.2, 0) is 6.18 Å². The number of anilines is 1. The first-order chi connectivity index (χ1) is 14.0. The largest absolute Gasteiger partial charge is 0.418 e. The van der Waals surface area contributed by atoms with Crippen molar-refractivity contribution < 1.29 is 22.4 Å². The Morgan fingerprint density at radius 3 is 2.60 bits per heavy atom. The Bertz CT molecular complexity index is 924. The van der Waals surface area contributed by atoms with Crippen molar-refractivity contribution in [2.75, 3.05) is 24.5 Å². The number of carbonyl (C=O) groups is 1. The molecule has 30 heavy (non-hydrogen) atoms. The van der Waals surface area contributed by atoms with Crippen LogP contribution in [-0.4, -0.2) is 47.1 Å². The van der Waals surface area contributed by atoms with E-state index in [-0.39, 0.29) is 23.8 Å². The Morgan fingerprint density at radius 2 is 1.97 bits per heavy atom. The minimum absolute atomic E-state index is 0.0741. The molecule has 0 radical (unpaired) electrons. The van der Waals surface area contributed by atoms with Gasteiger partial charge in [0.15, 0.2) is 0 Å². The Hall–Kier alpha value is -2.55. The van der Waals surface area contributed by atoms with E-state index in [1.165, 1.54) is 38.2 Å². The normalized spacial score (nSPS) is 17.8. The van der Waals surface area contributed by atoms with Crippen LogP contribution in [0.2, 0.25) is 0 Å². The highest BCUT2D eigenvalue weighted by atomic mass is 19.4. The van der Waals surface area contributed by atoms with E-state index < -0.39 is 28.9 Å². The Kier molecular flexibility index (Phi) is 6.12. The standard InChI is InChI=1S/C21H24F4N4O/c1-13-15(5-4-8-26-13)19(30)18-16(21(23,24)25)6-7-17(28-18)29-10-9-27-14(12-29)11-20(2,3)22/h4-8,14,27H,9-12H2,1-3H3. The van der Waals surface area contributed by atoms with Crippen LogP contribution in [0.1, 0.15) is 47.6 Å². The highest BCUT2D eigenvalue weighted by Gasteiger charge is 2.37. The molecule has 0 spiro atoms. The molecule has 1 fully saturated rings. The first-order valence-electron chi connectivity index (χ1n) is 9.67. The van der Waals surface area contributed by atoms with E-state index in [0.29, 0.717) is 25.3 Å². The van der Waals surface area contributed by atoms with E-state index in [2.05, 4.69) is 15.3 Å². The van der Waals surface area contributed by atoms with Crippen molar-refractivity contribution in [1.82, 2.24) is 15.3 Å². The molecular weight excluding hydrogens is 400 g/mol. The third-order valence-electron chi connectivity index (χ3n) is 4.96. The lowest BCUT2D eigenvalue weighted by atomic mass is 9.99. The summed E-state index contributed by atoms with van der Waals surface area (Å²) in [5.74, 6) is -0.567. The summed E-state index contributed by atoms with van der Waals surface area (Å²) < 4.78 is 54.8. The van der Waals surface area contributed by atoms with Gasteiger partial charge in [-0.2, -0.15) is 13.2 Å². The van der Waals surface area contributed by atoms with Crippen molar-refractivity contribution in [2.24, 2.45) is 0 Å². The van der Waals surface area contributed by atoms with Crippen LogP contribution in [0, 0.1) is 6.92 Å². The van der Waals surface area contributed by atoms with Gasteiger partial charge in [0.1, 0.15) is 17.2 Å². The maximum Gasteiger partial charge on any atom is 0.418 e. The lowest BCUT2D eigenvalue weighted by molar-refractivity contribution is -0.138. The number of hydrogen-bond donors (Lipinski definition) is 1. The number of nitrogens with zero attached hydrogens (tertiary/aromatic N) is 3. The third-order valence-corrected chi connectivity index (χ3v) is 4.96. The predicted octanol–water partition coefficient (Wildman–Crippen LogP) is 3.95. The number of halogens is 4. The fourth-order valence-electron chi connectivity index (χ4n) is 3.63. The molecule has 0 aliphatic carbocycles. The number of aryl methyl sites for hydroxylation is 1. The zero-order valence-corrected chi connectivity index (χ0v) is 17.1. The molecule has 0 bridgehead atoms. The van der Waals surface area contributed by atoms with Crippen LogP contribution in [0.25, 0.3) is 0 Å². The molecule has 0 amide bonds. The molecule has 1 aliphatic heterocycles. The molecule has 5 nitrogen and oxygen atoms in total. The summed E-state index contributed by atoms with van der Waals surface area (Å²) in [5, 5.41) is 3.22. The zero-order chi connectivity index (χ0) is 22.1. The first kappa shape index (κ1) is 22.1. The number of pyridine rings is 2. The van der Waals surface area contributed by atoms with Gasteiger partial charge in [-0.1, -0.05) is 0 Å². The van der Waals surface area contributed by atoms with Gasteiger partial charge in [0.25, 0.3) is 0 Å². The smallest absolute Gasteiger partial charge is 0.354 e. The molecule has 1 aliphatic rings. The van der Waals surface area contributed by atoms with Gasteiger partial charge >= 0.3 is 6.18 Å². The summed E-state index contributed by atoms with van der Waals surface area (Å²) >= 11 is 0. The van der Waals surface area contributed by atoms with Crippen LogP contribution in [0.4, 0.5) is 23.4 Å². The van der Waals surface area contributed by atoms with Crippen molar-refractivity contribution in [3.63, 3.8) is 0 Å². The third kappa shape index (κ3) is 5.13. The summed E-state index contributed by atoms with van der Waals surface area (Å²) in [5.41, 5.74) is -2.72. The highest BCUT2D eigenvalue weighted by Crippen LogP contribution is 2.34. The van der Waals surface area contributed by atoms with Crippen molar-refractivity contribution >= 4 is 11.6 Å². The van der Waals surface area contributed by atoms with Gasteiger partial charge in [0, 0.05) is 43.1 Å². The van der Waals surface area contributed by atoms with Crippen molar-refractivity contribution in [3.05, 3.63) is 53.0 Å². The second-order valence-electron chi connectivity index (χ2n) is 8.05. The van der Waals surface area contributed by atoms with Crippen LogP contribution in [0.15, 0.2) is 30.5 Å². The topological polar surface area (TPSA) is 58.1 Å². The van der Waals surface area contributed by atoms with Gasteiger partial charge < -0.3 is 10.2 Å². The second kappa shape index (κ2) is 8.29. The van der Waals surface area contributed by atoms with Gasteiger partial charge in [-0.3, -0.25) is 9.78 Å². The van der Waals surface area contributed by atoms with Crippen molar-refractivity contribution in [2.45, 2.75) is 45.1 Å². The maximum atomic E-state index is 14.0. The number of rotatable bonds is 5. The number of hydrogen-bond acceptors (Lipinski definition) is 5. The molecule has 0 saturated carbocycles. The Labute approximate surface area is 172 Å². The summed E-state index contributed by atoms with van der Waals surface area (Å²) in [6.07, 6.45) is -3.00. The van der Waals surface area contributed by atoms with Gasteiger partial charge in [0.05, 0.1) is 5.56 Å². The van der Waals surface area contributed by atoms with E-state index in [1.807, 2.05) is 0 Å². The summed E-state index contributed by atoms with van der Waals surface area (Å²) in [6.45, 7) is 5.93. The van der Waals surface area contributed by atoms with Crippen molar-refractivity contribution in [1.29, 1.82) is 0 Å². The molecule has 3 heterocycles. The van der Waals surface area contributed by atoms with Crippen LogP contribution in [0.3, 0.4) is 0 Å². The van der Waals surface area contributed by atoms with Gasteiger partial charge in [-0.15, -0.1) is 0 Å². The molecule has 1 unspecified atom stereocenters.